The number of hydrogen-bond acceptors (Lipinski definition) is 3. The minimum atomic E-state index is 0. The van der Waals surface area contributed by atoms with Crippen molar-refractivity contribution in [2.45, 2.75) is 32.8 Å². The number of ether oxygens (including phenoxy) is 1. The lowest BCUT2D eigenvalue weighted by molar-refractivity contribution is -0.00802. The molecule has 1 aliphatic heterocycles. The van der Waals surface area contributed by atoms with Crippen molar-refractivity contribution in [3.8, 4) is 0 Å². The van der Waals surface area contributed by atoms with Crippen LogP contribution in [0.4, 0.5) is 0 Å². The molecule has 1 N–H and O–H groups in total. The van der Waals surface area contributed by atoms with E-state index in [9.17, 15) is 0 Å². The van der Waals surface area contributed by atoms with Crippen LogP contribution in [0.5, 0.6) is 0 Å². The number of guanidine groups is 1. The number of nitrogens with zero attached hydrogens (tertiary/aromatic N) is 4. The minimum absolute atomic E-state index is 0. The molecule has 6 nitrogen and oxygen atoms in total. The van der Waals surface area contributed by atoms with E-state index in [0.29, 0.717) is 6.61 Å². The van der Waals surface area contributed by atoms with Gasteiger partial charge in [-0.25, -0.2) is 0 Å². The number of aryl methyl sites for hydroxylation is 1. The van der Waals surface area contributed by atoms with Crippen LogP contribution in [0.2, 0.25) is 0 Å². The first-order chi connectivity index (χ1) is 10.6. The molecule has 0 radical (unpaired) electrons. The zero-order valence-corrected chi connectivity index (χ0v) is 17.0. The molecule has 0 spiro atoms. The highest BCUT2D eigenvalue weighted by Gasteiger charge is 2.24. The predicted octanol–water partition coefficient (Wildman–Crippen LogP) is 2.42. The Hall–Kier alpha value is -0.830. The number of rotatable bonds is 5. The third-order valence-electron chi connectivity index (χ3n) is 3.92. The average molecular weight is 435 g/mol. The van der Waals surface area contributed by atoms with Crippen LogP contribution in [0.1, 0.15) is 38.4 Å². The van der Waals surface area contributed by atoms with Crippen LogP contribution in [0, 0.1) is 5.92 Å². The van der Waals surface area contributed by atoms with Crippen LogP contribution in [-0.2, 0) is 11.8 Å². The number of aliphatic imine (C=N–C) groups is 1. The fourth-order valence-corrected chi connectivity index (χ4v) is 2.69. The second-order valence-electron chi connectivity index (χ2n) is 6.26. The lowest BCUT2D eigenvalue weighted by atomic mass is 10.1. The fraction of sp³-hybridized carbons (Fsp3) is 0.750. The normalized spacial score (nSPS) is 18.9. The molecule has 1 atom stereocenters. The van der Waals surface area contributed by atoms with Crippen LogP contribution in [0.15, 0.2) is 17.4 Å². The van der Waals surface area contributed by atoms with Crippen LogP contribution in [-0.4, -0.2) is 53.9 Å². The molecule has 0 bridgehead atoms. The van der Waals surface area contributed by atoms with Gasteiger partial charge in [-0.1, -0.05) is 13.8 Å². The van der Waals surface area contributed by atoms with E-state index in [4.69, 9.17) is 4.74 Å². The van der Waals surface area contributed by atoms with Gasteiger partial charge in [-0.2, -0.15) is 5.10 Å². The van der Waals surface area contributed by atoms with Crippen molar-refractivity contribution in [2.24, 2.45) is 18.0 Å². The highest BCUT2D eigenvalue weighted by atomic mass is 127. The lowest BCUT2D eigenvalue weighted by Crippen LogP contribution is -2.48. The Labute approximate surface area is 156 Å². The molecule has 1 fully saturated rings. The van der Waals surface area contributed by atoms with Gasteiger partial charge < -0.3 is 15.0 Å². The number of halogens is 1. The van der Waals surface area contributed by atoms with Gasteiger partial charge in [0.15, 0.2) is 5.96 Å². The number of nitrogens with one attached hydrogen (secondary N) is 1. The van der Waals surface area contributed by atoms with Gasteiger partial charge in [-0.3, -0.25) is 9.67 Å². The first kappa shape index (κ1) is 20.2. The van der Waals surface area contributed by atoms with Gasteiger partial charge in [-0.05, 0) is 18.8 Å². The highest BCUT2D eigenvalue weighted by molar-refractivity contribution is 14.0. The Morgan fingerprint density at radius 2 is 2.30 bits per heavy atom. The molecule has 1 saturated heterocycles. The van der Waals surface area contributed by atoms with Gasteiger partial charge in [0.1, 0.15) is 6.10 Å². The summed E-state index contributed by atoms with van der Waals surface area (Å²) in [5.74, 6) is 1.73. The van der Waals surface area contributed by atoms with Crippen molar-refractivity contribution >= 4 is 29.9 Å². The van der Waals surface area contributed by atoms with Crippen LogP contribution in [0.3, 0.4) is 0 Å². The number of hydrogen-bond donors (Lipinski definition) is 1. The Bertz CT molecular complexity index is 489. The molecular formula is C16H30IN5O. The number of morpholine rings is 1. The molecule has 1 aromatic heterocycles. The minimum Gasteiger partial charge on any atom is -0.370 e. The molecular weight excluding hydrogens is 405 g/mol. The van der Waals surface area contributed by atoms with E-state index < -0.39 is 0 Å². The maximum Gasteiger partial charge on any atom is 0.193 e. The van der Waals surface area contributed by atoms with Crippen molar-refractivity contribution in [2.75, 3.05) is 33.3 Å². The molecule has 1 aromatic rings. The molecule has 132 valence electrons. The Balaban J connectivity index is 0.00000264. The van der Waals surface area contributed by atoms with Gasteiger partial charge in [0, 0.05) is 38.9 Å². The van der Waals surface area contributed by atoms with E-state index >= 15 is 0 Å². The van der Waals surface area contributed by atoms with E-state index in [-0.39, 0.29) is 30.1 Å². The molecule has 23 heavy (non-hydrogen) atoms. The van der Waals surface area contributed by atoms with Gasteiger partial charge in [0.05, 0.1) is 19.3 Å². The smallest absolute Gasteiger partial charge is 0.193 e. The third-order valence-corrected chi connectivity index (χ3v) is 3.92. The summed E-state index contributed by atoms with van der Waals surface area (Å²) in [5, 5.41) is 7.70. The summed E-state index contributed by atoms with van der Waals surface area (Å²) < 4.78 is 7.70. The molecule has 0 aromatic carbocycles. The van der Waals surface area contributed by atoms with E-state index in [1.54, 1.807) is 0 Å². The molecule has 2 rings (SSSR count). The SMILES string of the molecule is CN=C(NCCCC(C)C)N1CCOC(c2cnn(C)c2)C1.I. The van der Waals surface area contributed by atoms with E-state index in [1.165, 1.54) is 12.8 Å². The molecule has 0 amide bonds. The van der Waals surface area contributed by atoms with Gasteiger partial charge in [0.25, 0.3) is 0 Å². The number of aromatic nitrogens is 2. The quantitative estimate of drug-likeness (QED) is 0.334. The zero-order valence-electron chi connectivity index (χ0n) is 14.7. The Morgan fingerprint density at radius 1 is 1.52 bits per heavy atom. The molecule has 7 heteroatoms. The summed E-state index contributed by atoms with van der Waals surface area (Å²) in [7, 11) is 3.78. The van der Waals surface area contributed by atoms with Crippen molar-refractivity contribution in [3.63, 3.8) is 0 Å². The first-order valence-corrected chi connectivity index (χ1v) is 8.16. The summed E-state index contributed by atoms with van der Waals surface area (Å²) in [6.07, 6.45) is 6.38. The van der Waals surface area contributed by atoms with Crippen LogP contribution < -0.4 is 5.32 Å². The monoisotopic (exact) mass is 435 g/mol. The predicted molar refractivity (Wildman–Crippen MR) is 104 cm³/mol. The molecule has 0 saturated carbocycles. The summed E-state index contributed by atoms with van der Waals surface area (Å²) in [4.78, 5) is 6.69. The van der Waals surface area contributed by atoms with E-state index in [1.807, 2.05) is 31.2 Å². The first-order valence-electron chi connectivity index (χ1n) is 8.16. The molecule has 1 aliphatic rings. The summed E-state index contributed by atoms with van der Waals surface area (Å²) in [5.41, 5.74) is 1.13. The highest BCUT2D eigenvalue weighted by Crippen LogP contribution is 2.21. The average Bonchev–Trinajstić information content (AvgIpc) is 2.94. The second-order valence-corrected chi connectivity index (χ2v) is 6.26. The topological polar surface area (TPSA) is 54.7 Å². The molecule has 1 unspecified atom stereocenters. The van der Waals surface area contributed by atoms with Crippen molar-refractivity contribution in [1.29, 1.82) is 0 Å². The van der Waals surface area contributed by atoms with E-state index in [0.717, 1.165) is 37.1 Å². The maximum atomic E-state index is 5.88. The Morgan fingerprint density at radius 3 is 2.91 bits per heavy atom. The second kappa shape index (κ2) is 10.1. The third kappa shape index (κ3) is 6.29. The lowest BCUT2D eigenvalue weighted by Gasteiger charge is -2.34. The Kier molecular flexibility index (Phi) is 8.90. The zero-order chi connectivity index (χ0) is 15.9. The maximum absolute atomic E-state index is 5.88. The van der Waals surface area contributed by atoms with E-state index in [2.05, 4.69) is 34.2 Å². The van der Waals surface area contributed by atoms with Crippen molar-refractivity contribution in [1.82, 2.24) is 20.0 Å². The van der Waals surface area contributed by atoms with Gasteiger partial charge in [-0.15, -0.1) is 24.0 Å². The summed E-state index contributed by atoms with van der Waals surface area (Å²) >= 11 is 0. The molecule has 2 heterocycles. The fourth-order valence-electron chi connectivity index (χ4n) is 2.69. The van der Waals surface area contributed by atoms with Crippen LogP contribution >= 0.6 is 24.0 Å². The van der Waals surface area contributed by atoms with Crippen molar-refractivity contribution in [3.05, 3.63) is 18.0 Å². The van der Waals surface area contributed by atoms with Crippen LogP contribution in [0.25, 0.3) is 0 Å². The van der Waals surface area contributed by atoms with Gasteiger partial charge >= 0.3 is 0 Å². The summed E-state index contributed by atoms with van der Waals surface area (Å²) in [6, 6.07) is 0. The van der Waals surface area contributed by atoms with Gasteiger partial charge in [0.2, 0.25) is 0 Å². The molecule has 0 aliphatic carbocycles. The standard InChI is InChI=1S/C16H29N5O.HI/c1-13(2)6-5-7-18-16(17-3)21-8-9-22-15(12-21)14-10-19-20(4)11-14;/h10-11,13,15H,5-9,12H2,1-4H3,(H,17,18);1H. The summed E-state index contributed by atoms with van der Waals surface area (Å²) in [6.45, 7) is 7.90. The largest absolute Gasteiger partial charge is 0.370 e. The van der Waals surface area contributed by atoms with Crippen molar-refractivity contribution < 1.29 is 4.74 Å².